The number of nitrogens with one attached hydrogen (secondary N) is 3. The average molecular weight is 539 g/mol. The van der Waals surface area contributed by atoms with Gasteiger partial charge in [0.2, 0.25) is 0 Å². The zero-order valence-electron chi connectivity index (χ0n) is 18.7. The first-order valence-electron chi connectivity index (χ1n) is 10.3. The molecule has 0 saturated heterocycles. The number of hydrogen-bond acceptors (Lipinski definition) is 4. The Balaban J connectivity index is 0.00000480. The zero-order chi connectivity index (χ0) is 21.8. The van der Waals surface area contributed by atoms with Gasteiger partial charge in [-0.25, -0.2) is 4.79 Å². The van der Waals surface area contributed by atoms with Crippen LogP contribution in [0.2, 0.25) is 0 Å². The lowest BCUT2D eigenvalue weighted by Crippen LogP contribution is -2.40. The highest BCUT2D eigenvalue weighted by Crippen LogP contribution is 2.15. The summed E-state index contributed by atoms with van der Waals surface area (Å²) in [4.78, 5) is 21.3. The number of pyridine rings is 1. The quantitative estimate of drug-likeness (QED) is 0.268. The lowest BCUT2D eigenvalue weighted by Gasteiger charge is -2.23. The first-order chi connectivity index (χ1) is 14.4. The summed E-state index contributed by atoms with van der Waals surface area (Å²) < 4.78 is 5.42. The number of aliphatic imine (C=N–C) groups is 1. The van der Waals surface area contributed by atoms with Gasteiger partial charge in [-0.2, -0.15) is 0 Å². The van der Waals surface area contributed by atoms with Gasteiger partial charge in [0.05, 0.1) is 12.6 Å². The summed E-state index contributed by atoms with van der Waals surface area (Å²) >= 11 is 0. The normalized spacial score (nSPS) is 12.3. The number of halogens is 1. The van der Waals surface area contributed by atoms with Crippen LogP contribution >= 0.6 is 24.0 Å². The number of ether oxygens (including phenoxy) is 1. The molecule has 8 heteroatoms. The number of carbonyl (C=O) groups excluding carboxylic acids is 1. The molecule has 7 nitrogen and oxygen atoms in total. The molecular weight excluding hydrogens is 505 g/mol. The van der Waals surface area contributed by atoms with E-state index in [-0.39, 0.29) is 30.0 Å². The van der Waals surface area contributed by atoms with Crippen LogP contribution < -0.4 is 16.0 Å². The summed E-state index contributed by atoms with van der Waals surface area (Å²) in [7, 11) is 0. The molecule has 0 aliphatic rings. The summed E-state index contributed by atoms with van der Waals surface area (Å²) in [6, 6.07) is 15.4. The molecular formula is C23H34IN5O2. The number of guanidine groups is 1. The number of benzene rings is 1. The van der Waals surface area contributed by atoms with E-state index in [0.29, 0.717) is 19.0 Å². The maximum atomic E-state index is 12.3. The lowest BCUT2D eigenvalue weighted by atomic mass is 10.1. The molecule has 0 aliphatic carbocycles. The molecule has 170 valence electrons. The number of nitrogens with zero attached hydrogens (tertiary/aromatic N) is 2. The van der Waals surface area contributed by atoms with Crippen LogP contribution in [0.1, 0.15) is 45.0 Å². The fraction of sp³-hybridized carbons (Fsp3) is 0.435. The molecule has 1 heterocycles. The van der Waals surface area contributed by atoms with Crippen molar-refractivity contribution in [2.24, 2.45) is 4.99 Å². The van der Waals surface area contributed by atoms with Gasteiger partial charge < -0.3 is 20.7 Å². The minimum absolute atomic E-state index is 0. The van der Waals surface area contributed by atoms with E-state index in [2.05, 4.69) is 25.9 Å². The van der Waals surface area contributed by atoms with Crippen LogP contribution in [-0.4, -0.2) is 42.3 Å². The Morgan fingerprint density at radius 3 is 2.42 bits per heavy atom. The lowest BCUT2D eigenvalue weighted by molar-refractivity contribution is 0.0505. The van der Waals surface area contributed by atoms with Crippen molar-refractivity contribution in [1.82, 2.24) is 20.9 Å². The predicted molar refractivity (Wildman–Crippen MR) is 136 cm³/mol. The third-order valence-electron chi connectivity index (χ3n) is 4.07. The number of rotatable bonds is 8. The van der Waals surface area contributed by atoms with Crippen LogP contribution in [0, 0.1) is 0 Å². The summed E-state index contributed by atoms with van der Waals surface area (Å²) in [5.74, 6) is 0.695. The summed E-state index contributed by atoms with van der Waals surface area (Å²) in [6.45, 7) is 9.38. The molecule has 0 bridgehead atoms. The fourth-order valence-electron chi connectivity index (χ4n) is 2.75. The van der Waals surface area contributed by atoms with E-state index in [1.165, 1.54) is 0 Å². The summed E-state index contributed by atoms with van der Waals surface area (Å²) in [6.07, 6.45) is 2.13. The number of alkyl carbamates (subject to hydrolysis) is 1. The minimum Gasteiger partial charge on any atom is -0.444 e. The van der Waals surface area contributed by atoms with E-state index in [0.717, 1.165) is 24.2 Å². The van der Waals surface area contributed by atoms with Crippen molar-refractivity contribution in [3.8, 4) is 0 Å². The van der Waals surface area contributed by atoms with Gasteiger partial charge in [-0.1, -0.05) is 36.4 Å². The molecule has 3 N–H and O–H groups in total. The molecule has 0 aliphatic heterocycles. The Labute approximate surface area is 202 Å². The van der Waals surface area contributed by atoms with Gasteiger partial charge in [0.25, 0.3) is 0 Å². The predicted octanol–water partition coefficient (Wildman–Crippen LogP) is 4.06. The van der Waals surface area contributed by atoms with Crippen molar-refractivity contribution < 1.29 is 9.53 Å². The van der Waals surface area contributed by atoms with Gasteiger partial charge in [-0.05, 0) is 45.4 Å². The average Bonchev–Trinajstić information content (AvgIpc) is 2.71. The maximum absolute atomic E-state index is 12.3. The van der Waals surface area contributed by atoms with Crippen LogP contribution in [0.3, 0.4) is 0 Å². The van der Waals surface area contributed by atoms with Crippen LogP contribution in [0.5, 0.6) is 0 Å². The van der Waals surface area contributed by atoms with Gasteiger partial charge in [-0.3, -0.25) is 9.98 Å². The highest BCUT2D eigenvalue weighted by Gasteiger charge is 2.20. The van der Waals surface area contributed by atoms with E-state index in [1.807, 2.05) is 76.2 Å². The Kier molecular flexibility index (Phi) is 11.9. The largest absolute Gasteiger partial charge is 0.444 e. The Hall–Kier alpha value is -2.36. The number of hydrogen-bond donors (Lipinski definition) is 3. The van der Waals surface area contributed by atoms with Crippen molar-refractivity contribution in [1.29, 1.82) is 0 Å². The van der Waals surface area contributed by atoms with Crippen molar-refractivity contribution in [2.75, 3.05) is 19.6 Å². The molecule has 1 unspecified atom stereocenters. The minimum atomic E-state index is -0.559. The van der Waals surface area contributed by atoms with Gasteiger partial charge in [-0.15, -0.1) is 24.0 Å². The first kappa shape index (κ1) is 26.7. The standard InChI is InChI=1S/C23H33N5O2.HI/c1-5-24-21(26-16-14-19-13-9-10-15-25-19)27-17-20(18-11-7-6-8-12-18)28-22(29)30-23(2,3)4;/h6-13,15,20H,5,14,16-17H2,1-4H3,(H,28,29)(H2,24,26,27);1H. The van der Waals surface area contributed by atoms with Crippen LogP contribution in [0.15, 0.2) is 59.7 Å². The number of amides is 1. The smallest absolute Gasteiger partial charge is 0.408 e. The molecule has 0 spiro atoms. The van der Waals surface area contributed by atoms with Gasteiger partial charge >= 0.3 is 6.09 Å². The zero-order valence-corrected chi connectivity index (χ0v) is 21.1. The van der Waals surface area contributed by atoms with Crippen molar-refractivity contribution in [3.05, 3.63) is 66.0 Å². The Morgan fingerprint density at radius 2 is 1.81 bits per heavy atom. The van der Waals surface area contributed by atoms with Crippen molar-refractivity contribution >= 4 is 36.0 Å². The Bertz CT molecular complexity index is 795. The third-order valence-corrected chi connectivity index (χ3v) is 4.07. The molecule has 2 rings (SSSR count). The molecule has 0 radical (unpaired) electrons. The monoisotopic (exact) mass is 539 g/mol. The van der Waals surface area contributed by atoms with Crippen molar-refractivity contribution in [3.63, 3.8) is 0 Å². The molecule has 1 atom stereocenters. The highest BCUT2D eigenvalue weighted by atomic mass is 127. The van der Waals surface area contributed by atoms with Crippen LogP contribution in [0.4, 0.5) is 4.79 Å². The van der Waals surface area contributed by atoms with Gasteiger partial charge in [0.1, 0.15) is 5.60 Å². The molecule has 31 heavy (non-hydrogen) atoms. The van der Waals surface area contributed by atoms with Crippen LogP contribution in [0.25, 0.3) is 0 Å². The topological polar surface area (TPSA) is 87.6 Å². The summed E-state index contributed by atoms with van der Waals surface area (Å²) in [5, 5.41) is 9.50. The molecule has 1 amide bonds. The van der Waals surface area contributed by atoms with Crippen molar-refractivity contribution in [2.45, 2.75) is 45.8 Å². The second-order valence-electron chi connectivity index (χ2n) is 7.83. The first-order valence-corrected chi connectivity index (χ1v) is 10.3. The van der Waals surface area contributed by atoms with E-state index in [4.69, 9.17) is 4.74 Å². The number of carbonyl (C=O) groups is 1. The van der Waals surface area contributed by atoms with E-state index < -0.39 is 11.7 Å². The van der Waals surface area contributed by atoms with E-state index in [9.17, 15) is 4.79 Å². The van der Waals surface area contributed by atoms with E-state index in [1.54, 1.807) is 6.20 Å². The molecule has 1 aromatic carbocycles. The molecule has 0 saturated carbocycles. The third kappa shape index (κ3) is 11.0. The molecule has 0 fully saturated rings. The fourth-order valence-corrected chi connectivity index (χ4v) is 2.75. The van der Waals surface area contributed by atoms with Gasteiger partial charge in [0.15, 0.2) is 5.96 Å². The number of aromatic nitrogens is 1. The summed E-state index contributed by atoms with van der Waals surface area (Å²) in [5.41, 5.74) is 1.43. The molecule has 1 aromatic heterocycles. The highest BCUT2D eigenvalue weighted by molar-refractivity contribution is 14.0. The maximum Gasteiger partial charge on any atom is 0.408 e. The molecule has 2 aromatic rings. The van der Waals surface area contributed by atoms with E-state index >= 15 is 0 Å². The Morgan fingerprint density at radius 1 is 1.10 bits per heavy atom. The SMILES string of the molecule is CCNC(=NCC(NC(=O)OC(C)(C)C)c1ccccc1)NCCc1ccccn1.I. The second-order valence-corrected chi connectivity index (χ2v) is 7.83. The van der Waals surface area contributed by atoms with Gasteiger partial charge in [0, 0.05) is 31.4 Å². The van der Waals surface area contributed by atoms with Crippen LogP contribution in [-0.2, 0) is 11.2 Å². The second kappa shape index (κ2) is 13.8.